The zero-order valence-electron chi connectivity index (χ0n) is 10.3. The summed E-state index contributed by atoms with van der Waals surface area (Å²) in [5.74, 6) is 1.12. The van der Waals surface area contributed by atoms with Crippen LogP contribution in [0.2, 0.25) is 0 Å². The molecule has 0 saturated heterocycles. The van der Waals surface area contributed by atoms with Crippen LogP contribution in [0, 0.1) is 5.92 Å². The molecule has 2 heterocycles. The van der Waals surface area contributed by atoms with Crippen molar-refractivity contribution in [2.24, 2.45) is 5.92 Å². The first-order valence-corrected chi connectivity index (χ1v) is 7.15. The van der Waals surface area contributed by atoms with Crippen molar-refractivity contribution in [1.29, 1.82) is 0 Å². The van der Waals surface area contributed by atoms with Gasteiger partial charge in [0, 0.05) is 11.8 Å². The minimum Gasteiger partial charge on any atom is -0.463 e. The summed E-state index contributed by atoms with van der Waals surface area (Å²) in [5.41, 5.74) is 0.756. The molecule has 1 aliphatic rings. The lowest BCUT2D eigenvalue weighted by molar-refractivity contribution is -0.116. The van der Waals surface area contributed by atoms with Gasteiger partial charge in [0.05, 0.1) is 6.26 Å². The number of hydrogen-bond acceptors (Lipinski definition) is 4. The second-order valence-corrected chi connectivity index (χ2v) is 5.39. The van der Waals surface area contributed by atoms with Crippen LogP contribution < -0.4 is 5.32 Å². The highest BCUT2D eigenvalue weighted by molar-refractivity contribution is 7.14. The van der Waals surface area contributed by atoms with Gasteiger partial charge in [-0.25, -0.2) is 4.98 Å². The Morgan fingerprint density at radius 1 is 1.58 bits per heavy atom. The van der Waals surface area contributed by atoms with E-state index >= 15 is 0 Å². The van der Waals surface area contributed by atoms with Crippen molar-refractivity contribution < 1.29 is 9.21 Å². The number of amides is 1. The maximum atomic E-state index is 11.9. The fourth-order valence-electron chi connectivity index (χ4n) is 2.14. The predicted molar refractivity (Wildman–Crippen MR) is 74.9 cm³/mol. The molecular formula is C14H14N2O2S. The number of allylic oxidation sites excluding steroid dienone is 2. The number of thiazole rings is 1. The fraction of sp³-hybridized carbons (Fsp3) is 0.286. The van der Waals surface area contributed by atoms with Crippen LogP contribution in [0.25, 0.3) is 11.5 Å². The van der Waals surface area contributed by atoms with Gasteiger partial charge in [-0.15, -0.1) is 11.3 Å². The van der Waals surface area contributed by atoms with Crippen molar-refractivity contribution in [1.82, 2.24) is 4.98 Å². The molecule has 98 valence electrons. The molecule has 19 heavy (non-hydrogen) atoms. The monoisotopic (exact) mass is 274 g/mol. The smallest absolute Gasteiger partial charge is 0.226 e. The van der Waals surface area contributed by atoms with Crippen LogP contribution in [-0.2, 0) is 4.79 Å². The molecule has 0 saturated carbocycles. The van der Waals surface area contributed by atoms with Crippen molar-refractivity contribution in [3.05, 3.63) is 35.9 Å². The Hall–Kier alpha value is -1.88. The molecular weight excluding hydrogens is 260 g/mol. The maximum Gasteiger partial charge on any atom is 0.226 e. The van der Waals surface area contributed by atoms with Crippen molar-refractivity contribution >= 4 is 22.4 Å². The third-order valence-corrected chi connectivity index (χ3v) is 3.84. The Balaban J connectivity index is 1.60. The van der Waals surface area contributed by atoms with E-state index < -0.39 is 0 Å². The third-order valence-electron chi connectivity index (χ3n) is 3.08. The summed E-state index contributed by atoms with van der Waals surface area (Å²) in [6.07, 6.45) is 8.55. The van der Waals surface area contributed by atoms with Gasteiger partial charge in [-0.1, -0.05) is 12.2 Å². The topological polar surface area (TPSA) is 55.1 Å². The van der Waals surface area contributed by atoms with E-state index in [0.29, 0.717) is 17.5 Å². The number of hydrogen-bond donors (Lipinski definition) is 1. The van der Waals surface area contributed by atoms with Crippen LogP contribution in [0.1, 0.15) is 19.3 Å². The number of carbonyl (C=O) groups excluding carboxylic acids is 1. The summed E-state index contributed by atoms with van der Waals surface area (Å²) in [6, 6.07) is 3.67. The molecule has 1 atom stereocenters. The lowest BCUT2D eigenvalue weighted by Gasteiger charge is -2.06. The van der Waals surface area contributed by atoms with Gasteiger partial charge in [-0.3, -0.25) is 4.79 Å². The number of nitrogens with one attached hydrogen (secondary N) is 1. The molecule has 4 nitrogen and oxygen atoms in total. The zero-order chi connectivity index (χ0) is 13.1. The summed E-state index contributed by atoms with van der Waals surface area (Å²) in [5, 5.41) is 5.35. The van der Waals surface area contributed by atoms with Crippen molar-refractivity contribution in [2.75, 3.05) is 5.32 Å². The highest BCUT2D eigenvalue weighted by Gasteiger charge is 2.15. The average molecular weight is 274 g/mol. The number of anilines is 1. The van der Waals surface area contributed by atoms with Crippen molar-refractivity contribution in [3.8, 4) is 11.5 Å². The quantitative estimate of drug-likeness (QED) is 0.865. The van der Waals surface area contributed by atoms with E-state index in [0.717, 1.165) is 24.3 Å². The number of carbonyl (C=O) groups is 1. The Bertz CT molecular complexity index is 586. The van der Waals surface area contributed by atoms with E-state index in [1.807, 2.05) is 17.5 Å². The molecule has 0 bridgehead atoms. The molecule has 0 aromatic carbocycles. The van der Waals surface area contributed by atoms with Gasteiger partial charge in [-0.05, 0) is 30.9 Å². The van der Waals surface area contributed by atoms with Gasteiger partial charge in [0.1, 0.15) is 5.69 Å². The van der Waals surface area contributed by atoms with Gasteiger partial charge < -0.3 is 9.73 Å². The number of nitrogens with zero attached hydrogens (tertiary/aromatic N) is 1. The Kier molecular flexibility index (Phi) is 3.46. The molecule has 0 spiro atoms. The molecule has 1 aliphatic carbocycles. The first-order valence-electron chi connectivity index (χ1n) is 6.27. The highest BCUT2D eigenvalue weighted by atomic mass is 32.1. The Labute approximate surface area is 115 Å². The Morgan fingerprint density at radius 3 is 3.26 bits per heavy atom. The van der Waals surface area contributed by atoms with Crippen LogP contribution in [0.5, 0.6) is 0 Å². The number of furan rings is 1. The number of aromatic nitrogens is 1. The van der Waals surface area contributed by atoms with Crippen LogP contribution in [0.15, 0.2) is 40.3 Å². The standard InChI is InChI=1S/C14H14N2O2S/c17-13(8-10-4-1-2-5-10)16-14-15-11(9-19-14)12-6-3-7-18-12/h1,3-4,6-7,9-10H,2,5,8H2,(H,15,16,17)/t10-/m0/s1. The largest absolute Gasteiger partial charge is 0.463 e. The second kappa shape index (κ2) is 5.40. The van der Waals surface area contributed by atoms with E-state index in [4.69, 9.17) is 4.42 Å². The first-order chi connectivity index (χ1) is 9.31. The summed E-state index contributed by atoms with van der Waals surface area (Å²) < 4.78 is 5.27. The molecule has 1 amide bonds. The minimum atomic E-state index is 0.0249. The number of rotatable bonds is 4. The third kappa shape index (κ3) is 2.93. The second-order valence-electron chi connectivity index (χ2n) is 4.53. The molecule has 0 fully saturated rings. The molecule has 0 aliphatic heterocycles. The van der Waals surface area contributed by atoms with E-state index in [1.54, 1.807) is 6.26 Å². The van der Waals surface area contributed by atoms with Crippen molar-refractivity contribution in [3.63, 3.8) is 0 Å². The van der Waals surface area contributed by atoms with Crippen LogP contribution >= 0.6 is 11.3 Å². The van der Waals surface area contributed by atoms with Gasteiger partial charge >= 0.3 is 0 Å². The minimum absolute atomic E-state index is 0.0249. The fourth-order valence-corrected chi connectivity index (χ4v) is 2.86. The lowest BCUT2D eigenvalue weighted by Crippen LogP contribution is -2.14. The molecule has 2 aromatic heterocycles. The van der Waals surface area contributed by atoms with E-state index in [9.17, 15) is 4.79 Å². The first kappa shape index (κ1) is 12.2. The van der Waals surface area contributed by atoms with Crippen LogP contribution in [0.3, 0.4) is 0 Å². The van der Waals surface area contributed by atoms with Crippen LogP contribution in [-0.4, -0.2) is 10.9 Å². The molecule has 0 radical (unpaired) electrons. The van der Waals surface area contributed by atoms with Crippen LogP contribution in [0.4, 0.5) is 5.13 Å². The highest BCUT2D eigenvalue weighted by Crippen LogP contribution is 2.26. The average Bonchev–Trinajstić information content (AvgIpc) is 3.09. The molecule has 5 heteroatoms. The van der Waals surface area contributed by atoms with Gasteiger partial charge in [0.25, 0.3) is 0 Å². The predicted octanol–water partition coefficient (Wildman–Crippen LogP) is 3.70. The van der Waals surface area contributed by atoms with Gasteiger partial charge in [-0.2, -0.15) is 0 Å². The maximum absolute atomic E-state index is 11.9. The zero-order valence-corrected chi connectivity index (χ0v) is 11.2. The normalized spacial score (nSPS) is 17.8. The molecule has 1 N–H and O–H groups in total. The summed E-state index contributed by atoms with van der Waals surface area (Å²) in [6.45, 7) is 0. The van der Waals surface area contributed by atoms with E-state index in [2.05, 4.69) is 22.5 Å². The summed E-state index contributed by atoms with van der Waals surface area (Å²) in [4.78, 5) is 16.2. The molecule has 2 aromatic rings. The van der Waals surface area contributed by atoms with Crippen molar-refractivity contribution in [2.45, 2.75) is 19.3 Å². The van der Waals surface area contributed by atoms with Gasteiger partial charge in [0.15, 0.2) is 10.9 Å². The lowest BCUT2D eigenvalue weighted by atomic mass is 10.1. The Morgan fingerprint density at radius 2 is 2.53 bits per heavy atom. The summed E-state index contributed by atoms with van der Waals surface area (Å²) >= 11 is 1.41. The summed E-state index contributed by atoms with van der Waals surface area (Å²) in [7, 11) is 0. The van der Waals surface area contributed by atoms with E-state index in [1.165, 1.54) is 11.3 Å². The molecule has 0 unspecified atom stereocenters. The van der Waals surface area contributed by atoms with Gasteiger partial charge in [0.2, 0.25) is 5.91 Å². The SMILES string of the molecule is O=C(C[C@H]1C=CCC1)Nc1nc(-c2ccco2)cs1. The molecule has 3 rings (SSSR count). The van der Waals surface area contributed by atoms with E-state index in [-0.39, 0.29) is 5.91 Å².